The van der Waals surface area contributed by atoms with E-state index in [0.717, 1.165) is 6.07 Å². The van der Waals surface area contributed by atoms with Gasteiger partial charge in [-0.2, -0.15) is 0 Å². The molecule has 0 atom stereocenters. The van der Waals surface area contributed by atoms with Gasteiger partial charge in [0.05, 0.1) is 11.0 Å². The summed E-state index contributed by atoms with van der Waals surface area (Å²) in [5.41, 5.74) is -0.268. The minimum absolute atomic E-state index is 0.0807. The van der Waals surface area contributed by atoms with Crippen LogP contribution in [0.4, 0.5) is 5.69 Å². The maximum atomic E-state index is 10.3. The zero-order valence-electron chi connectivity index (χ0n) is 5.49. The molecule has 0 saturated heterocycles. The van der Waals surface area contributed by atoms with Crippen molar-refractivity contribution in [1.82, 2.24) is 4.98 Å². The van der Waals surface area contributed by atoms with Gasteiger partial charge in [-0.05, 0) is 31.9 Å². The monoisotopic (exact) mass is 296 g/mol. The van der Waals surface area contributed by atoms with E-state index in [9.17, 15) is 10.1 Å². The SMILES string of the molecule is O=[N+]([O-])c1cc(O)c(Br)nc1Br. The van der Waals surface area contributed by atoms with Crippen LogP contribution in [-0.2, 0) is 0 Å². The molecule has 1 aromatic heterocycles. The summed E-state index contributed by atoms with van der Waals surface area (Å²) in [6.45, 7) is 0. The maximum Gasteiger partial charge on any atom is 0.305 e. The van der Waals surface area contributed by atoms with Crippen molar-refractivity contribution in [2.24, 2.45) is 0 Å². The highest BCUT2D eigenvalue weighted by Crippen LogP contribution is 2.31. The first-order valence-corrected chi connectivity index (χ1v) is 4.30. The minimum atomic E-state index is -0.636. The second-order valence-electron chi connectivity index (χ2n) is 1.87. The van der Waals surface area contributed by atoms with Gasteiger partial charge in [0.1, 0.15) is 4.60 Å². The highest BCUT2D eigenvalue weighted by Gasteiger charge is 2.16. The van der Waals surface area contributed by atoms with Crippen LogP contribution in [0.15, 0.2) is 15.3 Å². The fraction of sp³-hybridized carbons (Fsp3) is 0. The van der Waals surface area contributed by atoms with E-state index in [-0.39, 0.29) is 20.6 Å². The number of nitrogens with zero attached hydrogens (tertiary/aromatic N) is 2. The zero-order valence-corrected chi connectivity index (χ0v) is 8.66. The Bertz CT molecular complexity index is 342. The second kappa shape index (κ2) is 3.36. The number of nitro groups is 1. The number of hydrogen-bond acceptors (Lipinski definition) is 4. The van der Waals surface area contributed by atoms with Crippen molar-refractivity contribution >= 4 is 37.5 Å². The van der Waals surface area contributed by atoms with Crippen LogP contribution in [0.2, 0.25) is 0 Å². The number of hydrogen-bond donors (Lipinski definition) is 1. The Labute approximate surface area is 83.8 Å². The fourth-order valence-corrected chi connectivity index (χ4v) is 1.54. The van der Waals surface area contributed by atoms with E-state index in [1.807, 2.05) is 0 Å². The molecule has 1 rings (SSSR count). The Morgan fingerprint density at radius 2 is 2.08 bits per heavy atom. The molecule has 0 bridgehead atoms. The Morgan fingerprint density at radius 3 is 2.58 bits per heavy atom. The topological polar surface area (TPSA) is 76.3 Å². The molecule has 1 heterocycles. The minimum Gasteiger partial charge on any atom is -0.505 e. The third-order valence-corrected chi connectivity index (χ3v) is 2.26. The highest BCUT2D eigenvalue weighted by molar-refractivity contribution is 9.11. The van der Waals surface area contributed by atoms with Crippen molar-refractivity contribution in [2.45, 2.75) is 0 Å². The van der Waals surface area contributed by atoms with Crippen LogP contribution in [-0.4, -0.2) is 15.0 Å². The Kier molecular flexibility index (Phi) is 2.63. The van der Waals surface area contributed by atoms with Gasteiger partial charge in [-0.25, -0.2) is 4.98 Å². The molecule has 64 valence electrons. The van der Waals surface area contributed by atoms with Gasteiger partial charge >= 0.3 is 5.69 Å². The number of pyridine rings is 1. The van der Waals surface area contributed by atoms with Crippen LogP contribution in [0, 0.1) is 10.1 Å². The highest BCUT2D eigenvalue weighted by atomic mass is 79.9. The molecule has 0 radical (unpaired) electrons. The Morgan fingerprint density at radius 1 is 1.50 bits per heavy atom. The smallest absolute Gasteiger partial charge is 0.305 e. The molecule has 1 N–H and O–H groups in total. The van der Waals surface area contributed by atoms with E-state index in [1.165, 1.54) is 0 Å². The first-order valence-electron chi connectivity index (χ1n) is 2.71. The molecule has 0 aromatic carbocycles. The number of aromatic hydroxyl groups is 1. The lowest BCUT2D eigenvalue weighted by atomic mass is 10.4. The molecular weight excluding hydrogens is 296 g/mol. The van der Waals surface area contributed by atoms with Crippen molar-refractivity contribution in [1.29, 1.82) is 0 Å². The predicted octanol–water partition coefficient (Wildman–Crippen LogP) is 2.22. The van der Waals surface area contributed by atoms with Crippen LogP contribution < -0.4 is 0 Å². The molecule has 0 spiro atoms. The van der Waals surface area contributed by atoms with Gasteiger partial charge in [0, 0.05) is 0 Å². The summed E-state index contributed by atoms with van der Waals surface area (Å²) >= 11 is 5.80. The van der Waals surface area contributed by atoms with Gasteiger partial charge in [-0.15, -0.1) is 0 Å². The van der Waals surface area contributed by atoms with Gasteiger partial charge < -0.3 is 5.11 Å². The summed E-state index contributed by atoms with van der Waals surface area (Å²) in [5, 5.41) is 19.3. The maximum absolute atomic E-state index is 10.3. The molecule has 0 aliphatic carbocycles. The molecule has 0 amide bonds. The Hall–Kier alpha value is -0.690. The fourth-order valence-electron chi connectivity index (χ4n) is 0.577. The molecule has 7 heteroatoms. The summed E-state index contributed by atoms with van der Waals surface area (Å²) in [6, 6.07) is 1.02. The first kappa shape index (κ1) is 9.40. The van der Waals surface area contributed by atoms with E-state index in [1.54, 1.807) is 0 Å². The van der Waals surface area contributed by atoms with Crippen molar-refractivity contribution < 1.29 is 10.0 Å². The van der Waals surface area contributed by atoms with Crippen LogP contribution >= 0.6 is 31.9 Å². The summed E-state index contributed by atoms with van der Waals surface area (Å²) < 4.78 is 0.247. The van der Waals surface area contributed by atoms with E-state index in [0.29, 0.717) is 0 Å². The number of halogens is 2. The molecule has 0 aliphatic heterocycles. The molecule has 12 heavy (non-hydrogen) atoms. The van der Waals surface area contributed by atoms with Gasteiger partial charge in [0.15, 0.2) is 10.4 Å². The first-order chi connectivity index (χ1) is 5.52. The lowest BCUT2D eigenvalue weighted by Crippen LogP contribution is -1.91. The van der Waals surface area contributed by atoms with Gasteiger partial charge in [-0.3, -0.25) is 10.1 Å². The normalized spacial score (nSPS) is 9.83. The van der Waals surface area contributed by atoms with E-state index < -0.39 is 4.92 Å². The Balaban J connectivity index is 3.33. The third-order valence-electron chi connectivity index (χ3n) is 1.09. The van der Waals surface area contributed by atoms with E-state index in [2.05, 4.69) is 36.8 Å². The molecule has 0 unspecified atom stereocenters. The lowest BCUT2D eigenvalue weighted by molar-refractivity contribution is -0.386. The molecule has 1 aromatic rings. The van der Waals surface area contributed by atoms with Crippen LogP contribution in [0.25, 0.3) is 0 Å². The van der Waals surface area contributed by atoms with Crippen molar-refractivity contribution in [3.8, 4) is 5.75 Å². The molecule has 0 aliphatic rings. The summed E-state index contributed by atoms with van der Waals surface area (Å²) in [6.07, 6.45) is 0. The number of aromatic nitrogens is 1. The standard InChI is InChI=1S/C5H2Br2N2O3/c6-4-2(9(11)12)1-3(10)5(7)8-4/h1,10H. The van der Waals surface area contributed by atoms with Gasteiger partial charge in [0.2, 0.25) is 0 Å². The summed E-state index contributed by atoms with van der Waals surface area (Å²) in [4.78, 5) is 13.3. The molecule has 0 saturated carbocycles. The predicted molar refractivity (Wildman–Crippen MR) is 48.0 cm³/mol. The van der Waals surface area contributed by atoms with Crippen LogP contribution in [0.1, 0.15) is 0 Å². The quantitative estimate of drug-likeness (QED) is 0.490. The van der Waals surface area contributed by atoms with Crippen molar-refractivity contribution in [3.05, 3.63) is 25.4 Å². The molecule has 5 nitrogen and oxygen atoms in total. The average Bonchev–Trinajstić information content (AvgIpc) is 1.96. The van der Waals surface area contributed by atoms with Crippen molar-refractivity contribution in [3.63, 3.8) is 0 Å². The third kappa shape index (κ3) is 1.72. The summed E-state index contributed by atoms with van der Waals surface area (Å²) in [5.74, 6) is -0.259. The lowest BCUT2D eigenvalue weighted by Gasteiger charge is -1.97. The zero-order chi connectivity index (χ0) is 9.30. The van der Waals surface area contributed by atoms with E-state index in [4.69, 9.17) is 5.11 Å². The molecule has 0 fully saturated rings. The van der Waals surface area contributed by atoms with Crippen LogP contribution in [0.5, 0.6) is 5.75 Å². The number of rotatable bonds is 1. The molecular formula is C5H2Br2N2O3. The van der Waals surface area contributed by atoms with Gasteiger partial charge in [-0.1, -0.05) is 0 Å². The second-order valence-corrected chi connectivity index (χ2v) is 3.37. The van der Waals surface area contributed by atoms with Gasteiger partial charge in [0.25, 0.3) is 0 Å². The van der Waals surface area contributed by atoms with Crippen molar-refractivity contribution in [2.75, 3.05) is 0 Å². The van der Waals surface area contributed by atoms with Crippen LogP contribution in [0.3, 0.4) is 0 Å². The average molecular weight is 298 g/mol. The summed E-state index contributed by atoms with van der Waals surface area (Å²) in [7, 11) is 0. The largest absolute Gasteiger partial charge is 0.505 e. The van der Waals surface area contributed by atoms with E-state index >= 15 is 0 Å².